The van der Waals surface area contributed by atoms with E-state index in [9.17, 15) is 47.9 Å². The van der Waals surface area contributed by atoms with Crippen LogP contribution in [0.5, 0.6) is 0 Å². The lowest BCUT2D eigenvalue weighted by Crippen LogP contribution is -2.30. The van der Waals surface area contributed by atoms with Crippen LogP contribution in [0.4, 0.5) is 19.2 Å². The number of unbranched alkanes of at least 4 members (excludes halogenated alkanes) is 40. The fraction of sp³-hybridized carbons (Fsp3) is 0.705. The van der Waals surface area contributed by atoms with Crippen molar-refractivity contribution >= 4 is 139 Å². The van der Waals surface area contributed by atoms with Gasteiger partial charge in [0.2, 0.25) is 17.1 Å². The molecule has 0 spiro atoms. The summed E-state index contributed by atoms with van der Waals surface area (Å²) in [6.45, 7) is 8.51. The van der Waals surface area contributed by atoms with Crippen molar-refractivity contribution in [2.24, 2.45) is 11.5 Å². The number of alkyl carbamates (subject to hydrolysis) is 2. The summed E-state index contributed by atoms with van der Waals surface area (Å²) in [5.41, 5.74) is 9.51. The van der Waals surface area contributed by atoms with Crippen molar-refractivity contribution in [2.45, 2.75) is 388 Å². The number of rotatable bonds is 65. The van der Waals surface area contributed by atoms with E-state index in [1.165, 1.54) is 218 Å². The van der Waals surface area contributed by atoms with Crippen molar-refractivity contribution in [1.29, 1.82) is 0 Å². The SMILES string of the molecule is CCCCCCCC/C=C\CCCCCC(=O)NC(=O)OCc1ccc(COC(=O)NC(=O)CCCCC/C=C\CCCCCCCC)o1.CCCCCCCC/C=C\CCCCCCCC(=O)Cl.CCCCCCCC/C=C\CCCCCCCC(=O)O.ClCCl.ClCCl.NC(=O)OCc1ccc(COC(N)=O)o1.O=C(Cl)C(=O)Cl. The van der Waals surface area contributed by atoms with Crippen LogP contribution in [0.1, 0.15) is 385 Å². The molecule has 7 N–H and O–H groups in total. The van der Waals surface area contributed by atoms with Crippen LogP contribution in [0, 0.1) is 0 Å². The number of ether oxygens (including phenoxy) is 4. The van der Waals surface area contributed by atoms with Gasteiger partial charge in [0.1, 0.15) is 23.0 Å². The number of carbonyl (C=O) groups is 10. The van der Waals surface area contributed by atoms with Gasteiger partial charge in [0.25, 0.3) is 0 Å². The predicted octanol–water partition coefficient (Wildman–Crippen LogP) is 28.0. The maximum atomic E-state index is 12.0. The molecule has 2 aromatic heterocycles. The minimum absolute atomic E-state index is 0.0636. The highest BCUT2D eigenvalue weighted by Crippen LogP contribution is 2.17. The number of carboxylic acid groups (broad SMARTS) is 1. The molecule has 28 heteroatoms. The number of hydrogen-bond acceptors (Lipinski definition) is 16. The molecular formula is C88H147Cl7N4O17. The second-order valence-corrected chi connectivity index (χ2v) is 30.3. The molecule has 0 saturated heterocycles. The Morgan fingerprint density at radius 1 is 0.319 bits per heavy atom. The topological polar surface area (TPSA) is 330 Å². The van der Waals surface area contributed by atoms with E-state index < -0.39 is 40.8 Å². The summed E-state index contributed by atoms with van der Waals surface area (Å²) in [5.74, 6) is 0.0585. The zero-order valence-electron chi connectivity index (χ0n) is 70.7. The molecule has 2 aromatic rings. The van der Waals surface area contributed by atoms with Gasteiger partial charge in [-0.25, -0.2) is 19.2 Å². The van der Waals surface area contributed by atoms with E-state index in [0.717, 1.165) is 77.0 Å². The van der Waals surface area contributed by atoms with Crippen molar-refractivity contribution in [3.63, 3.8) is 0 Å². The number of imide groups is 2. The molecule has 0 radical (unpaired) electrons. The lowest BCUT2D eigenvalue weighted by Gasteiger charge is -2.06. The third-order valence-electron chi connectivity index (χ3n) is 17.1. The van der Waals surface area contributed by atoms with Gasteiger partial charge in [-0.3, -0.25) is 39.4 Å². The van der Waals surface area contributed by atoms with Crippen LogP contribution >= 0.6 is 81.2 Å². The quantitative estimate of drug-likeness (QED) is 0.0103. The molecule has 0 aliphatic heterocycles. The number of amides is 6. The van der Waals surface area contributed by atoms with Crippen LogP contribution in [-0.2, 0) is 74.1 Å². The highest BCUT2D eigenvalue weighted by molar-refractivity contribution is 6.97. The molecule has 0 aromatic carbocycles. The zero-order valence-corrected chi connectivity index (χ0v) is 76.0. The van der Waals surface area contributed by atoms with E-state index in [1.807, 2.05) is 0 Å². The molecule has 0 unspecified atom stereocenters. The Labute approximate surface area is 731 Å². The van der Waals surface area contributed by atoms with Gasteiger partial charge in [-0.1, -0.05) is 256 Å². The maximum absolute atomic E-state index is 12.0. The van der Waals surface area contributed by atoms with Crippen LogP contribution in [-0.4, -0.2) is 73.7 Å². The minimum atomic E-state index is -1.14. The summed E-state index contributed by atoms with van der Waals surface area (Å²) in [6, 6.07) is 6.32. The zero-order chi connectivity index (χ0) is 87.2. The molecule has 0 aliphatic rings. The van der Waals surface area contributed by atoms with E-state index >= 15 is 0 Å². The molecule has 0 bridgehead atoms. The van der Waals surface area contributed by atoms with Crippen LogP contribution in [0.3, 0.4) is 0 Å². The second kappa shape index (κ2) is 98.3. The van der Waals surface area contributed by atoms with Crippen molar-refractivity contribution in [2.75, 3.05) is 10.7 Å². The highest BCUT2D eigenvalue weighted by atomic mass is 35.5. The highest BCUT2D eigenvalue weighted by Gasteiger charge is 2.14. The largest absolute Gasteiger partial charge is 0.481 e. The van der Waals surface area contributed by atoms with Crippen molar-refractivity contribution in [1.82, 2.24) is 10.6 Å². The lowest BCUT2D eigenvalue weighted by atomic mass is 10.1. The summed E-state index contributed by atoms with van der Waals surface area (Å²) >= 11 is 33.3. The number of aliphatic carboxylic acids is 1. The third-order valence-corrected chi connectivity index (χ3v) is 17.7. The van der Waals surface area contributed by atoms with E-state index in [0.29, 0.717) is 48.7 Å². The van der Waals surface area contributed by atoms with E-state index in [2.05, 4.69) is 120 Å². The number of carbonyl (C=O) groups excluding carboxylic acids is 9. The van der Waals surface area contributed by atoms with Gasteiger partial charge in [-0.2, -0.15) is 0 Å². The van der Waals surface area contributed by atoms with E-state index in [4.69, 9.17) is 92.9 Å². The molecule has 0 aliphatic carbocycles. The predicted molar refractivity (Wildman–Crippen MR) is 476 cm³/mol. The lowest BCUT2D eigenvalue weighted by molar-refractivity contribution is -0.137. The fourth-order valence-corrected chi connectivity index (χ4v) is 11.0. The minimum Gasteiger partial charge on any atom is -0.481 e. The van der Waals surface area contributed by atoms with E-state index in [-0.39, 0.29) is 67.0 Å². The maximum Gasteiger partial charge on any atom is 0.414 e. The number of hydrogen-bond donors (Lipinski definition) is 5. The Morgan fingerprint density at radius 3 is 0.733 bits per heavy atom. The summed E-state index contributed by atoms with van der Waals surface area (Å²) in [4.78, 5) is 108. The second-order valence-electron chi connectivity index (χ2n) is 27.6. The smallest absolute Gasteiger partial charge is 0.414 e. The normalized spacial score (nSPS) is 10.6. The van der Waals surface area contributed by atoms with Gasteiger partial charge in [-0.15, -0.1) is 46.4 Å². The van der Waals surface area contributed by atoms with Gasteiger partial charge in [0.05, 0.1) is 10.7 Å². The number of primary amides is 2. The molecule has 0 atom stereocenters. The summed E-state index contributed by atoms with van der Waals surface area (Å²) in [7, 11) is 0. The Balaban J connectivity index is -0.000000502. The molecule has 6 amide bonds. The van der Waals surface area contributed by atoms with Gasteiger partial charge in [0.15, 0.2) is 26.4 Å². The summed E-state index contributed by atoms with van der Waals surface area (Å²) in [6.07, 6.45) is 74.5. The number of allylic oxidation sites excluding steroid dienone is 8. The van der Waals surface area contributed by atoms with Gasteiger partial charge in [-0.05, 0) is 187 Å². The number of carboxylic acids is 1. The van der Waals surface area contributed by atoms with Crippen molar-refractivity contribution in [3.05, 3.63) is 95.9 Å². The van der Waals surface area contributed by atoms with Crippen LogP contribution in [0.2, 0.25) is 0 Å². The van der Waals surface area contributed by atoms with Crippen LogP contribution in [0.25, 0.3) is 0 Å². The first-order chi connectivity index (χ1) is 56.0. The van der Waals surface area contributed by atoms with E-state index in [1.54, 1.807) is 24.3 Å². The van der Waals surface area contributed by atoms with Crippen molar-refractivity contribution in [3.8, 4) is 0 Å². The average Bonchev–Trinajstić information content (AvgIpc) is 1.78. The number of nitrogens with one attached hydrogen (secondary N) is 2. The molecule has 2 rings (SSSR count). The molecule has 0 saturated carbocycles. The molecule has 670 valence electrons. The van der Waals surface area contributed by atoms with Crippen LogP contribution in [0.15, 0.2) is 81.7 Å². The van der Waals surface area contributed by atoms with Crippen LogP contribution < -0.4 is 22.1 Å². The first kappa shape index (κ1) is 119. The summed E-state index contributed by atoms with van der Waals surface area (Å²) in [5, 5.41) is 10.9. The monoisotopic (exact) mass is 1780 g/mol. The molecule has 2 heterocycles. The number of alkyl halides is 4. The van der Waals surface area contributed by atoms with Gasteiger partial charge in [0, 0.05) is 25.7 Å². The third kappa shape index (κ3) is 106. The number of furan rings is 2. The Morgan fingerprint density at radius 2 is 0.517 bits per heavy atom. The summed E-state index contributed by atoms with van der Waals surface area (Å²) < 4.78 is 29.7. The molecular weight excluding hydrogens is 1630 g/mol. The Bertz CT molecular complexity index is 2610. The Hall–Kier alpha value is -5.55. The molecule has 21 nitrogen and oxygen atoms in total. The van der Waals surface area contributed by atoms with Crippen molar-refractivity contribution < 1.29 is 80.8 Å². The Kier molecular flexibility index (Phi) is 101. The average molecular weight is 1780 g/mol. The first-order valence-electron chi connectivity index (χ1n) is 42.6. The van der Waals surface area contributed by atoms with Gasteiger partial charge < -0.3 is 44.4 Å². The fourth-order valence-electron chi connectivity index (χ4n) is 10.8. The number of halogens is 7. The standard InChI is InChI=1S/C40H66N2O7.C18H33ClO.C18H34O2.C8H10N2O5.C2Cl2O2.2CH2Cl2/c1-3-5-7-9-11-13-15-17-19-21-23-25-27-29-37(43)41-39(45)47-33-35-31-32-36(49-35)34-48-40(46)42-38(44)30-28-26-24-22-20-18-16-14-12-10-8-6-4-2;2*1-2-3-4-5-6-7-8-9-10-11-12-13-14-15-16-17-18(19)20;9-7(11)13-3-5-1-2-6(15-5)4-14-8(10)12;3-1(5)2(4)6;2*2-1-3/h17-20,31-32H,3-16,21-30,33-34H2,1-2H3,(H,41,43,45)(H,42,44,46);9-10H,2-8,11-17H2,1H3;9-10H,2-8,11-17H2,1H3,(H,19,20);1-2H,3-4H2,(H2,9,11)(H2,10,12);;2*1H2/b19-17-,20-18-;2*10-9-;;;;. The van der Waals surface area contributed by atoms with Gasteiger partial charge >= 0.3 is 40.8 Å². The molecule has 116 heavy (non-hydrogen) atoms. The molecule has 0 fully saturated rings. The number of nitrogens with two attached hydrogens (primary N) is 2. The first-order valence-corrected chi connectivity index (χ1v) is 45.9.